The van der Waals surface area contributed by atoms with Crippen LogP contribution in [-0.2, 0) is 25.2 Å². The number of likely N-dealkylation sites (N-methyl/N-ethyl adjacent to an activating group) is 2. The van der Waals surface area contributed by atoms with E-state index in [0.717, 1.165) is 55.9 Å². The Bertz CT molecular complexity index is 2880. The third-order valence-electron chi connectivity index (χ3n) is 16.0. The normalized spacial score (nSPS) is 19.1. The van der Waals surface area contributed by atoms with Gasteiger partial charge in [0.25, 0.3) is 0 Å². The highest BCUT2D eigenvalue weighted by Crippen LogP contribution is 2.50. The van der Waals surface area contributed by atoms with Crippen molar-refractivity contribution in [1.29, 1.82) is 0 Å². The van der Waals surface area contributed by atoms with Crippen molar-refractivity contribution in [3.05, 3.63) is 116 Å². The first-order chi connectivity index (χ1) is 31.7. The second-order valence-electron chi connectivity index (χ2n) is 22.4. The summed E-state index contributed by atoms with van der Waals surface area (Å²) in [6, 6.07) is 20.4. The molecule has 2 aliphatic heterocycles. The molecule has 4 aromatic rings. The van der Waals surface area contributed by atoms with Crippen LogP contribution in [-0.4, -0.2) is 62.1 Å². The molecule has 10 nitrogen and oxygen atoms in total. The number of nitrogens with one attached hydrogen (secondary N) is 2. The van der Waals surface area contributed by atoms with Crippen LogP contribution in [0.2, 0.25) is 0 Å². The van der Waals surface area contributed by atoms with Gasteiger partial charge >= 0.3 is 0 Å². The predicted octanol–water partition coefficient (Wildman–Crippen LogP) is 10.2. The van der Waals surface area contributed by atoms with E-state index in [1.807, 2.05) is 118 Å². The summed E-state index contributed by atoms with van der Waals surface area (Å²) in [5, 5.41) is 20.2. The first kappa shape index (κ1) is 50.0. The summed E-state index contributed by atoms with van der Waals surface area (Å²) in [5.74, 6) is 0.784. The molecule has 3 N–H and O–H groups in total. The average Bonchev–Trinajstić information content (AvgIpc) is 3.54. The van der Waals surface area contributed by atoms with Crippen molar-refractivity contribution in [3.8, 4) is 11.5 Å². The first-order valence-corrected chi connectivity index (χ1v) is 24.4. The molecule has 0 radical (unpaired) electrons. The zero-order valence-electron chi connectivity index (χ0n) is 43.6. The van der Waals surface area contributed by atoms with Crippen LogP contribution in [0.15, 0.2) is 66.4 Å². The number of aliphatic hydroxyl groups is 1. The highest BCUT2D eigenvalue weighted by atomic mass is 16.5. The Hall–Kier alpha value is -5.90. The van der Waals surface area contributed by atoms with Crippen molar-refractivity contribution in [2.45, 2.75) is 146 Å². The third kappa shape index (κ3) is 9.07. The zero-order chi connectivity index (χ0) is 50.0. The van der Waals surface area contributed by atoms with Crippen LogP contribution in [0.5, 0.6) is 11.5 Å². The fourth-order valence-corrected chi connectivity index (χ4v) is 10.1. The van der Waals surface area contributed by atoms with Crippen LogP contribution >= 0.6 is 0 Å². The number of Topliss-reactive ketones (excluding diaryl/α,β-unsaturated/α-hetero) is 1. The molecule has 0 aromatic heterocycles. The summed E-state index contributed by atoms with van der Waals surface area (Å²) in [5.41, 5.74) is 6.90. The van der Waals surface area contributed by atoms with Gasteiger partial charge in [0.2, 0.25) is 23.0 Å². The summed E-state index contributed by atoms with van der Waals surface area (Å²) in [6.07, 6.45) is 2.44. The number of carbonyl (C=O) groups is 3. The van der Waals surface area contributed by atoms with Crippen LogP contribution in [0, 0.1) is 38.5 Å². The van der Waals surface area contributed by atoms with Crippen molar-refractivity contribution >= 4 is 45.8 Å². The molecule has 10 heteroatoms. The van der Waals surface area contributed by atoms with Crippen LogP contribution in [0.3, 0.4) is 0 Å². The molecule has 2 amide bonds. The fraction of sp³-hybridized carbons (Fsp3) is 0.483. The number of ketones is 1. The Morgan fingerprint density at radius 3 is 1.75 bits per heavy atom. The smallest absolute Gasteiger partial charge is 0.230 e. The number of nitrogens with zero attached hydrogens (tertiary/aromatic N) is 2. The maximum Gasteiger partial charge on any atom is 0.230 e. The number of ether oxygens (including phenoxy) is 2. The molecule has 68 heavy (non-hydrogen) atoms. The number of rotatable bonds is 15. The molecule has 362 valence electrons. The molecule has 0 bridgehead atoms. The van der Waals surface area contributed by atoms with E-state index in [-0.39, 0.29) is 57.4 Å². The van der Waals surface area contributed by atoms with E-state index in [1.54, 1.807) is 0 Å². The fourth-order valence-electron chi connectivity index (χ4n) is 10.1. The van der Waals surface area contributed by atoms with Gasteiger partial charge in [-0.15, -0.1) is 0 Å². The predicted molar refractivity (Wildman–Crippen MR) is 277 cm³/mol. The summed E-state index contributed by atoms with van der Waals surface area (Å²) < 4.78 is 14.5. The van der Waals surface area contributed by atoms with Gasteiger partial charge in [0, 0.05) is 57.4 Å². The molecule has 1 aliphatic carbocycles. The first-order valence-electron chi connectivity index (χ1n) is 24.4. The molecule has 0 fully saturated rings. The van der Waals surface area contributed by atoms with E-state index < -0.39 is 10.8 Å². The van der Waals surface area contributed by atoms with Gasteiger partial charge in [0.15, 0.2) is 6.04 Å². The highest BCUT2D eigenvalue weighted by molar-refractivity contribution is 6.52. The second kappa shape index (κ2) is 18.2. The Morgan fingerprint density at radius 2 is 1.24 bits per heavy atom. The third-order valence-corrected chi connectivity index (χ3v) is 16.0. The standard InChI is InChI=1S/C58H74N4O6/c1-33-19-21-35(3)47(27-33)67-25-17-23-55(7,8)53(65)59-43-31-45-41(57(11,12)37(5)61(45)15)29-39(43)49-51(63)50(52(49)64)40-30-42-46(62(16)38(6)58(42,13)14)32-44(40)60-54(66)56(9,10)24-18-26-68-48-28-34(2)20-22-36(48)4/h19-22,27-32,37-38H,17-18,23-26H2,1-16H3,(H2,59,60,63,64,65,66)/p+1. The molecule has 0 saturated carbocycles. The summed E-state index contributed by atoms with van der Waals surface area (Å²) >= 11 is 0. The number of anilines is 3. The molecule has 0 spiro atoms. The summed E-state index contributed by atoms with van der Waals surface area (Å²) in [6.45, 7) is 29.8. The SMILES string of the molecule is Cc1ccc(C)c(OCCCC(C)(C)C(=O)Nc2cc3c(cc2C2=C(O)/C(=c4/cc5c(cc4NC(=O)C(C)(C)CCCOc4cc(C)ccc4C)=[N+](C)C(C)C5(C)C)C2=O)C(C)(C)C(C)N3C)c1. The van der Waals surface area contributed by atoms with Gasteiger partial charge in [-0.25, -0.2) is 4.58 Å². The van der Waals surface area contributed by atoms with Crippen LogP contribution in [0.25, 0.3) is 11.1 Å². The molecular weight excluding hydrogens is 849 g/mol. The Labute approximate surface area is 404 Å². The minimum Gasteiger partial charge on any atom is -0.506 e. The van der Waals surface area contributed by atoms with Crippen molar-refractivity contribution in [2.75, 3.05) is 42.8 Å². The van der Waals surface area contributed by atoms with Crippen molar-refractivity contribution < 1.29 is 29.0 Å². The maximum atomic E-state index is 15.0. The Morgan fingerprint density at radius 1 is 0.721 bits per heavy atom. The number of amides is 2. The molecule has 2 heterocycles. The minimum absolute atomic E-state index is 0.127. The molecule has 2 unspecified atom stereocenters. The van der Waals surface area contributed by atoms with Gasteiger partial charge in [0.1, 0.15) is 24.3 Å². The monoisotopic (exact) mass is 924 g/mol. The van der Waals surface area contributed by atoms with E-state index >= 15 is 0 Å². The van der Waals surface area contributed by atoms with E-state index in [2.05, 4.69) is 73.8 Å². The maximum absolute atomic E-state index is 15.0. The van der Waals surface area contributed by atoms with Gasteiger partial charge in [-0.3, -0.25) is 14.4 Å². The van der Waals surface area contributed by atoms with Crippen LogP contribution in [0.1, 0.15) is 134 Å². The lowest BCUT2D eigenvalue weighted by Crippen LogP contribution is -2.37. The van der Waals surface area contributed by atoms with Crippen molar-refractivity contribution in [3.63, 3.8) is 0 Å². The molecule has 4 aromatic carbocycles. The lowest BCUT2D eigenvalue weighted by molar-refractivity contribution is -0.125. The van der Waals surface area contributed by atoms with E-state index in [0.29, 0.717) is 61.1 Å². The number of benzene rings is 4. The van der Waals surface area contributed by atoms with E-state index in [1.165, 1.54) is 0 Å². The molecule has 7 rings (SSSR count). The molecule has 3 aliphatic rings. The van der Waals surface area contributed by atoms with Crippen molar-refractivity contribution in [2.24, 2.45) is 10.8 Å². The number of fused-ring (bicyclic) bond motifs is 2. The summed E-state index contributed by atoms with van der Waals surface area (Å²) in [7, 11) is 4.09. The average molecular weight is 924 g/mol. The number of hydrogen-bond donors (Lipinski definition) is 3. The van der Waals surface area contributed by atoms with Gasteiger partial charge < -0.3 is 30.1 Å². The quantitative estimate of drug-likeness (QED) is 0.0802. The number of aliphatic hydroxyl groups excluding tert-OH is 1. The van der Waals surface area contributed by atoms with Gasteiger partial charge in [-0.2, -0.15) is 0 Å². The topological polar surface area (TPSA) is 120 Å². The Kier molecular flexibility index (Phi) is 13.4. The number of allylic oxidation sites excluding steroid dienone is 2. The molecule has 0 saturated heterocycles. The number of carbonyl (C=O) groups excluding carboxylic acids is 3. The van der Waals surface area contributed by atoms with Crippen LogP contribution in [0.4, 0.5) is 17.1 Å². The Balaban J connectivity index is 1.24. The minimum atomic E-state index is -0.785. The number of hydrogen-bond acceptors (Lipinski definition) is 7. The van der Waals surface area contributed by atoms with Crippen molar-refractivity contribution in [1.82, 2.24) is 4.58 Å². The van der Waals surface area contributed by atoms with Crippen LogP contribution < -0.4 is 40.2 Å². The van der Waals surface area contributed by atoms with Gasteiger partial charge in [-0.1, -0.05) is 65.8 Å². The number of aryl methyl sites for hydroxylation is 4. The largest absolute Gasteiger partial charge is 0.506 e. The summed E-state index contributed by atoms with van der Waals surface area (Å²) in [4.78, 5) is 45.9. The van der Waals surface area contributed by atoms with Gasteiger partial charge in [0.05, 0.1) is 41.1 Å². The van der Waals surface area contributed by atoms with E-state index in [9.17, 15) is 19.5 Å². The zero-order valence-corrected chi connectivity index (χ0v) is 43.6. The highest BCUT2D eigenvalue weighted by Gasteiger charge is 2.46. The van der Waals surface area contributed by atoms with Gasteiger partial charge in [-0.05, 0) is 139 Å². The lowest BCUT2D eigenvalue weighted by Gasteiger charge is -2.29. The lowest BCUT2D eigenvalue weighted by atomic mass is 9.76. The van der Waals surface area contributed by atoms with E-state index in [4.69, 9.17) is 9.47 Å². The molecular formula is C58H75N4O6+. The molecule has 2 atom stereocenters. The second-order valence-corrected chi connectivity index (χ2v) is 22.4.